The van der Waals surface area contributed by atoms with E-state index in [1.54, 1.807) is 30.1 Å². The molecule has 8 bridgehead atoms. The number of nitrogens with zero attached hydrogens (tertiary/aromatic N) is 4. The van der Waals surface area contributed by atoms with E-state index >= 15 is 0 Å². The van der Waals surface area contributed by atoms with Crippen molar-refractivity contribution in [3.05, 3.63) is 94.6 Å². The Kier molecular flexibility index (Phi) is 7.47. The standard InChI is InChI=1S/C31H30FN5O5/c1-36-31(40-2)34-29(35-36)30(39)37-13-11-20-17-23-8-9-24(20)28(37)21-5-3-6-22(18-21)41-14-4-12-33-27(38)16-19-7-10-25(32)26(15-19)42-23/h3,5-10,15,17-18,28H,4,11-14,16H2,1-2H3,(H,33,38). The molecule has 1 aromatic heterocycles. The minimum Gasteiger partial charge on any atom is -0.494 e. The lowest BCUT2D eigenvalue weighted by atomic mass is 9.87. The van der Waals surface area contributed by atoms with Gasteiger partial charge in [-0.15, -0.1) is 5.10 Å². The number of amides is 2. The zero-order valence-corrected chi connectivity index (χ0v) is 23.3. The molecule has 10 nitrogen and oxygen atoms in total. The number of fused-ring (bicyclic) bond motifs is 7. The number of halogens is 1. The maximum Gasteiger partial charge on any atom is 0.314 e. The van der Waals surface area contributed by atoms with Crippen LogP contribution in [0.15, 0.2) is 60.7 Å². The zero-order chi connectivity index (χ0) is 29.2. The smallest absolute Gasteiger partial charge is 0.314 e. The fourth-order valence-electron chi connectivity index (χ4n) is 5.39. The summed E-state index contributed by atoms with van der Waals surface area (Å²) in [5, 5.41) is 7.16. The summed E-state index contributed by atoms with van der Waals surface area (Å²) >= 11 is 0. The molecule has 0 radical (unpaired) electrons. The minimum atomic E-state index is -0.523. The van der Waals surface area contributed by atoms with Crippen molar-refractivity contribution < 1.29 is 28.2 Å². The number of carbonyl (C=O) groups excluding carboxylic acids is 2. The number of hydrogen-bond donors (Lipinski definition) is 1. The monoisotopic (exact) mass is 571 g/mol. The molecule has 0 saturated carbocycles. The van der Waals surface area contributed by atoms with Crippen LogP contribution in [0, 0.1) is 5.82 Å². The molecule has 7 rings (SSSR count). The Hall–Kier alpha value is -4.93. The molecule has 42 heavy (non-hydrogen) atoms. The van der Waals surface area contributed by atoms with E-state index in [0.29, 0.717) is 49.6 Å². The molecule has 3 aliphatic heterocycles. The van der Waals surface area contributed by atoms with Crippen LogP contribution in [0.5, 0.6) is 23.3 Å². The Morgan fingerprint density at radius 3 is 2.83 bits per heavy atom. The fraction of sp³-hybridized carbons (Fsp3) is 0.290. The summed E-state index contributed by atoms with van der Waals surface area (Å²) in [6.45, 7) is 1.22. The van der Waals surface area contributed by atoms with Crippen molar-refractivity contribution >= 4 is 11.8 Å². The predicted octanol–water partition coefficient (Wildman–Crippen LogP) is 3.98. The molecular weight excluding hydrogens is 541 g/mol. The number of methoxy groups -OCH3 is 1. The topological polar surface area (TPSA) is 108 Å². The SMILES string of the molecule is COc1nc(C(=O)N2CCc3cc4ccc3C2c2cccc(c2)OCCCNC(=O)Cc2ccc(F)c(c2)O4)nn1C. The normalized spacial score (nSPS) is 16.8. The van der Waals surface area contributed by atoms with Gasteiger partial charge in [-0.1, -0.05) is 24.3 Å². The first kappa shape index (κ1) is 27.3. The van der Waals surface area contributed by atoms with Gasteiger partial charge in [0.15, 0.2) is 11.6 Å². The van der Waals surface area contributed by atoms with Gasteiger partial charge in [0.05, 0.1) is 26.2 Å². The van der Waals surface area contributed by atoms with Gasteiger partial charge in [0.25, 0.3) is 5.91 Å². The number of ether oxygens (including phenoxy) is 3. The maximum absolute atomic E-state index is 14.7. The van der Waals surface area contributed by atoms with E-state index in [2.05, 4.69) is 15.4 Å². The second kappa shape index (κ2) is 11.5. The van der Waals surface area contributed by atoms with E-state index in [9.17, 15) is 14.0 Å². The lowest BCUT2D eigenvalue weighted by Gasteiger charge is -2.37. The van der Waals surface area contributed by atoms with E-state index in [1.165, 1.54) is 17.9 Å². The van der Waals surface area contributed by atoms with E-state index in [4.69, 9.17) is 14.2 Å². The molecule has 1 atom stereocenters. The third-order valence-electron chi connectivity index (χ3n) is 7.37. The molecule has 0 saturated heterocycles. The van der Waals surface area contributed by atoms with Gasteiger partial charge in [0.1, 0.15) is 11.5 Å². The third-order valence-corrected chi connectivity index (χ3v) is 7.37. The highest BCUT2D eigenvalue weighted by Crippen LogP contribution is 2.39. The molecule has 0 aliphatic carbocycles. The van der Waals surface area contributed by atoms with Crippen LogP contribution >= 0.6 is 0 Å². The second-order valence-electron chi connectivity index (χ2n) is 10.2. The lowest BCUT2D eigenvalue weighted by molar-refractivity contribution is -0.120. The number of hydrogen-bond acceptors (Lipinski definition) is 7. The van der Waals surface area contributed by atoms with E-state index < -0.39 is 11.9 Å². The number of carbonyl (C=O) groups is 2. The van der Waals surface area contributed by atoms with Gasteiger partial charge in [-0.3, -0.25) is 9.59 Å². The zero-order valence-electron chi connectivity index (χ0n) is 23.3. The van der Waals surface area contributed by atoms with Crippen LogP contribution in [-0.2, 0) is 24.7 Å². The molecule has 11 heteroatoms. The highest BCUT2D eigenvalue weighted by molar-refractivity contribution is 5.91. The highest BCUT2D eigenvalue weighted by atomic mass is 19.1. The van der Waals surface area contributed by atoms with Gasteiger partial charge in [-0.05, 0) is 71.5 Å². The molecule has 4 heterocycles. The van der Waals surface area contributed by atoms with E-state index in [-0.39, 0.29) is 35.8 Å². The van der Waals surface area contributed by atoms with Gasteiger partial charge in [-0.2, -0.15) is 4.98 Å². The Bertz CT molecular complexity index is 1650. The Morgan fingerprint density at radius 2 is 2.00 bits per heavy atom. The first-order valence-electron chi connectivity index (χ1n) is 13.7. The van der Waals surface area contributed by atoms with Crippen molar-refractivity contribution in [2.75, 3.05) is 26.8 Å². The summed E-state index contributed by atoms with van der Waals surface area (Å²) in [6, 6.07) is 17.4. The van der Waals surface area contributed by atoms with Gasteiger partial charge in [0.2, 0.25) is 11.7 Å². The summed E-state index contributed by atoms with van der Waals surface area (Å²) in [4.78, 5) is 32.3. The summed E-state index contributed by atoms with van der Waals surface area (Å²) in [6.07, 6.45) is 1.24. The molecule has 0 fully saturated rings. The van der Waals surface area contributed by atoms with Gasteiger partial charge < -0.3 is 24.4 Å². The van der Waals surface area contributed by atoms with Crippen LogP contribution in [0.1, 0.15) is 45.3 Å². The van der Waals surface area contributed by atoms with E-state index in [1.807, 2.05) is 36.4 Å². The van der Waals surface area contributed by atoms with Crippen LogP contribution in [0.4, 0.5) is 4.39 Å². The number of benzene rings is 3. The Morgan fingerprint density at radius 1 is 1.12 bits per heavy atom. The molecule has 0 spiro atoms. The predicted molar refractivity (Wildman–Crippen MR) is 150 cm³/mol. The third kappa shape index (κ3) is 5.50. The molecule has 2 amide bonds. The quantitative estimate of drug-likeness (QED) is 0.388. The molecule has 3 aromatic carbocycles. The molecular formula is C31H30FN5O5. The molecule has 216 valence electrons. The lowest BCUT2D eigenvalue weighted by Crippen LogP contribution is -2.41. The van der Waals surface area contributed by atoms with Crippen LogP contribution in [0.3, 0.4) is 0 Å². The summed E-state index contributed by atoms with van der Waals surface area (Å²) in [7, 11) is 3.14. The van der Waals surface area contributed by atoms with Crippen LogP contribution in [0.2, 0.25) is 0 Å². The average Bonchev–Trinajstić information content (AvgIpc) is 3.37. The van der Waals surface area contributed by atoms with Crippen molar-refractivity contribution in [3.63, 3.8) is 0 Å². The number of aromatic nitrogens is 3. The molecule has 3 aliphatic rings. The first-order chi connectivity index (χ1) is 20.4. The fourth-order valence-corrected chi connectivity index (χ4v) is 5.39. The van der Waals surface area contributed by atoms with Crippen molar-refractivity contribution in [2.45, 2.75) is 25.3 Å². The van der Waals surface area contributed by atoms with Crippen molar-refractivity contribution in [1.29, 1.82) is 0 Å². The number of rotatable bonds is 2. The highest BCUT2D eigenvalue weighted by Gasteiger charge is 2.35. The van der Waals surface area contributed by atoms with Crippen molar-refractivity contribution in [1.82, 2.24) is 25.0 Å². The summed E-state index contributed by atoms with van der Waals surface area (Å²) in [5.74, 6) is 0.169. The molecule has 1 N–H and O–H groups in total. The Balaban J connectivity index is 1.42. The second-order valence-corrected chi connectivity index (χ2v) is 10.2. The Labute approximate surface area is 242 Å². The van der Waals surface area contributed by atoms with Crippen LogP contribution in [0.25, 0.3) is 0 Å². The maximum atomic E-state index is 14.7. The number of aryl methyl sites for hydroxylation is 1. The van der Waals surface area contributed by atoms with Crippen molar-refractivity contribution in [3.8, 4) is 23.3 Å². The van der Waals surface area contributed by atoms with E-state index in [0.717, 1.165) is 16.7 Å². The van der Waals surface area contributed by atoms with Gasteiger partial charge in [-0.25, -0.2) is 9.07 Å². The summed E-state index contributed by atoms with van der Waals surface area (Å²) in [5.41, 5.74) is 3.36. The largest absolute Gasteiger partial charge is 0.494 e. The van der Waals surface area contributed by atoms with Crippen LogP contribution < -0.4 is 19.5 Å². The minimum absolute atomic E-state index is 0.0399. The summed E-state index contributed by atoms with van der Waals surface area (Å²) < 4.78 is 33.4. The molecule has 4 aromatic rings. The molecule has 1 unspecified atom stereocenters. The average molecular weight is 572 g/mol. The van der Waals surface area contributed by atoms with Gasteiger partial charge in [0, 0.05) is 20.1 Å². The van der Waals surface area contributed by atoms with Crippen LogP contribution in [-0.4, -0.2) is 58.3 Å². The van der Waals surface area contributed by atoms with Gasteiger partial charge >= 0.3 is 6.01 Å². The first-order valence-corrected chi connectivity index (χ1v) is 13.7. The van der Waals surface area contributed by atoms with Crippen molar-refractivity contribution in [2.24, 2.45) is 7.05 Å². The number of nitrogens with one attached hydrogen (secondary N) is 1.